The predicted molar refractivity (Wildman–Crippen MR) is 126 cm³/mol. The van der Waals surface area contributed by atoms with Crippen LogP contribution in [0.5, 0.6) is 0 Å². The third-order valence-corrected chi connectivity index (χ3v) is 6.11. The van der Waals surface area contributed by atoms with Crippen LogP contribution >= 0.6 is 0 Å². The molecule has 0 fully saturated rings. The van der Waals surface area contributed by atoms with Gasteiger partial charge in [-0.2, -0.15) is 5.26 Å². The number of aromatic nitrogens is 4. The van der Waals surface area contributed by atoms with Gasteiger partial charge in [0.15, 0.2) is 5.65 Å². The van der Waals surface area contributed by atoms with E-state index < -0.39 is 0 Å². The van der Waals surface area contributed by atoms with Crippen molar-refractivity contribution < 1.29 is 0 Å². The quantitative estimate of drug-likeness (QED) is 0.380. The average Bonchev–Trinajstić information content (AvgIpc) is 3.42. The van der Waals surface area contributed by atoms with Crippen LogP contribution < -0.4 is 0 Å². The first-order valence-electron chi connectivity index (χ1n) is 10.6. The summed E-state index contributed by atoms with van der Waals surface area (Å²) in [6.07, 6.45) is 2.57. The van der Waals surface area contributed by atoms with Crippen LogP contribution in [0.4, 0.5) is 0 Å². The fourth-order valence-corrected chi connectivity index (χ4v) is 4.56. The number of fused-ring (bicyclic) bond motifs is 4. The maximum Gasteiger partial charge on any atom is 0.157 e. The van der Waals surface area contributed by atoms with Crippen molar-refractivity contribution in [2.45, 2.75) is 13.3 Å². The molecule has 32 heavy (non-hydrogen) atoms. The largest absolute Gasteiger partial charge is 0.284 e. The minimum absolute atomic E-state index is 0.611. The lowest BCUT2D eigenvalue weighted by Gasteiger charge is -2.19. The molecule has 0 atom stereocenters. The Morgan fingerprint density at radius 2 is 1.53 bits per heavy atom. The van der Waals surface area contributed by atoms with Gasteiger partial charge in [-0.3, -0.25) is 8.97 Å². The monoisotopic (exact) mass is 413 g/mol. The molecule has 3 heterocycles. The highest BCUT2D eigenvalue weighted by Crippen LogP contribution is 2.33. The van der Waals surface area contributed by atoms with Gasteiger partial charge in [0.1, 0.15) is 18.2 Å². The van der Waals surface area contributed by atoms with Gasteiger partial charge in [0.25, 0.3) is 0 Å². The average molecular weight is 413 g/mol. The van der Waals surface area contributed by atoms with Crippen molar-refractivity contribution in [1.29, 1.82) is 5.26 Å². The summed E-state index contributed by atoms with van der Waals surface area (Å²) in [6.45, 7) is 2.03. The maximum absolute atomic E-state index is 10.1. The molecular weight excluding hydrogens is 394 g/mol. The van der Waals surface area contributed by atoms with E-state index in [9.17, 15) is 5.26 Å². The number of nitriles is 1. The van der Waals surface area contributed by atoms with Crippen LogP contribution in [0.1, 0.15) is 22.3 Å². The number of pyridine rings is 1. The van der Waals surface area contributed by atoms with Crippen LogP contribution in [-0.2, 0) is 6.42 Å². The van der Waals surface area contributed by atoms with Crippen LogP contribution in [0.25, 0.3) is 33.5 Å². The number of hydrogen-bond donors (Lipinski definition) is 0. The fourth-order valence-electron chi connectivity index (χ4n) is 4.56. The van der Waals surface area contributed by atoms with Crippen molar-refractivity contribution in [2.75, 3.05) is 0 Å². The van der Waals surface area contributed by atoms with Crippen LogP contribution in [0.15, 0.2) is 85.2 Å². The van der Waals surface area contributed by atoms with Gasteiger partial charge in [0, 0.05) is 12.0 Å². The van der Waals surface area contributed by atoms with E-state index in [2.05, 4.69) is 44.3 Å². The highest BCUT2D eigenvalue weighted by Gasteiger charge is 2.23. The minimum atomic E-state index is 0.611. The van der Waals surface area contributed by atoms with Crippen molar-refractivity contribution >= 4 is 27.7 Å². The molecule has 0 saturated heterocycles. The van der Waals surface area contributed by atoms with E-state index in [-0.39, 0.29) is 0 Å². The van der Waals surface area contributed by atoms with Gasteiger partial charge in [-0.1, -0.05) is 54.6 Å². The number of hydrogen-bond acceptors (Lipinski definition) is 3. The molecule has 0 spiro atoms. The molecular formula is C27H19N5. The summed E-state index contributed by atoms with van der Waals surface area (Å²) in [5.41, 5.74) is 8.30. The molecule has 6 aromatic rings. The highest BCUT2D eigenvalue weighted by atomic mass is 15.2. The lowest BCUT2D eigenvalue weighted by molar-refractivity contribution is 0.944. The second-order valence-corrected chi connectivity index (χ2v) is 7.94. The van der Waals surface area contributed by atoms with E-state index in [1.807, 2.05) is 67.8 Å². The highest BCUT2D eigenvalue weighted by molar-refractivity contribution is 5.86. The summed E-state index contributed by atoms with van der Waals surface area (Å²) in [4.78, 5) is 9.50. The van der Waals surface area contributed by atoms with Crippen LogP contribution in [0.2, 0.25) is 0 Å². The summed E-state index contributed by atoms with van der Waals surface area (Å²) in [5.74, 6) is 0.975. The second-order valence-electron chi connectivity index (χ2n) is 7.94. The summed E-state index contributed by atoms with van der Waals surface area (Å²) < 4.78 is 4.25. The van der Waals surface area contributed by atoms with E-state index in [0.29, 0.717) is 17.6 Å². The molecule has 0 unspecified atom stereocenters. The Morgan fingerprint density at radius 3 is 2.31 bits per heavy atom. The molecule has 3 aromatic heterocycles. The Kier molecular flexibility index (Phi) is 4.05. The zero-order valence-corrected chi connectivity index (χ0v) is 17.5. The molecule has 0 saturated carbocycles. The summed E-state index contributed by atoms with van der Waals surface area (Å²) >= 11 is 0. The predicted octanol–water partition coefficient (Wildman–Crippen LogP) is 5.60. The Labute approximate surface area is 184 Å². The van der Waals surface area contributed by atoms with Gasteiger partial charge in [-0.25, -0.2) is 9.97 Å². The Balaban J connectivity index is 1.81. The van der Waals surface area contributed by atoms with E-state index >= 15 is 0 Å². The van der Waals surface area contributed by atoms with Gasteiger partial charge in [0.2, 0.25) is 0 Å². The Bertz CT molecular complexity index is 1670. The van der Waals surface area contributed by atoms with Gasteiger partial charge in [-0.15, -0.1) is 0 Å². The summed E-state index contributed by atoms with van der Waals surface area (Å²) in [6, 6.07) is 28.9. The summed E-state index contributed by atoms with van der Waals surface area (Å²) in [5, 5.41) is 10.1. The van der Waals surface area contributed by atoms with Gasteiger partial charge < -0.3 is 0 Å². The van der Waals surface area contributed by atoms with E-state index in [1.165, 1.54) is 5.56 Å². The Hall–Kier alpha value is -4.43. The van der Waals surface area contributed by atoms with E-state index in [1.54, 1.807) is 0 Å². The first kappa shape index (κ1) is 18.3. The standard InChI is InChI=1S/C27H19N5/c1-18-20(15-19-9-3-2-4-10-19)27(31-17-29-22-11-5-7-13-24(22)31)32-25-14-8-6-12-23(25)30-26(32)21(18)16-28/h2-14,17H,15H2,1H3. The molecule has 0 bridgehead atoms. The molecule has 3 aromatic carbocycles. The lowest BCUT2D eigenvalue weighted by atomic mass is 9.97. The number of imidazole rings is 2. The molecule has 0 N–H and O–H groups in total. The molecule has 152 valence electrons. The number of nitrogens with zero attached hydrogens (tertiary/aromatic N) is 5. The maximum atomic E-state index is 10.1. The molecule has 0 amide bonds. The third-order valence-electron chi connectivity index (χ3n) is 6.11. The minimum Gasteiger partial charge on any atom is -0.284 e. The van der Waals surface area contributed by atoms with Crippen molar-refractivity contribution in [1.82, 2.24) is 18.9 Å². The topological polar surface area (TPSA) is 58.9 Å². The normalized spacial score (nSPS) is 11.4. The van der Waals surface area contributed by atoms with E-state index in [4.69, 9.17) is 4.98 Å². The lowest BCUT2D eigenvalue weighted by Crippen LogP contribution is -2.11. The SMILES string of the molecule is Cc1c(Cc2ccccc2)c(-n2cnc3ccccc32)n2c(nc3ccccc32)c1C#N. The van der Waals surface area contributed by atoms with Gasteiger partial charge in [-0.05, 0) is 42.3 Å². The fraction of sp³-hybridized carbons (Fsp3) is 0.0741. The van der Waals surface area contributed by atoms with Crippen molar-refractivity contribution in [3.63, 3.8) is 0 Å². The zero-order chi connectivity index (χ0) is 21.7. The molecule has 5 nitrogen and oxygen atoms in total. The van der Waals surface area contributed by atoms with E-state index in [0.717, 1.165) is 39.0 Å². The number of rotatable bonds is 3. The molecule has 0 aliphatic rings. The zero-order valence-electron chi connectivity index (χ0n) is 17.5. The first-order chi connectivity index (χ1) is 15.8. The van der Waals surface area contributed by atoms with Crippen molar-refractivity contribution in [2.24, 2.45) is 0 Å². The van der Waals surface area contributed by atoms with Crippen LogP contribution in [0.3, 0.4) is 0 Å². The summed E-state index contributed by atoms with van der Waals surface area (Å²) in [7, 11) is 0. The van der Waals surface area contributed by atoms with Crippen molar-refractivity contribution in [3.05, 3.63) is 107 Å². The second kappa shape index (κ2) is 7.07. The van der Waals surface area contributed by atoms with Crippen LogP contribution in [0, 0.1) is 18.3 Å². The van der Waals surface area contributed by atoms with Crippen LogP contribution in [-0.4, -0.2) is 18.9 Å². The molecule has 6 rings (SSSR count). The first-order valence-corrected chi connectivity index (χ1v) is 10.6. The van der Waals surface area contributed by atoms with Gasteiger partial charge in [0.05, 0.1) is 27.6 Å². The Morgan fingerprint density at radius 1 is 0.844 bits per heavy atom. The molecule has 0 aliphatic carbocycles. The van der Waals surface area contributed by atoms with Crippen molar-refractivity contribution in [3.8, 4) is 11.9 Å². The smallest absolute Gasteiger partial charge is 0.157 e. The number of benzene rings is 3. The third kappa shape index (κ3) is 2.63. The molecule has 5 heteroatoms. The molecule has 0 aliphatic heterocycles. The molecule has 0 radical (unpaired) electrons. The van der Waals surface area contributed by atoms with Gasteiger partial charge >= 0.3 is 0 Å². The number of para-hydroxylation sites is 4.